The van der Waals surface area contributed by atoms with Crippen LogP contribution in [0.4, 0.5) is 0 Å². The van der Waals surface area contributed by atoms with E-state index in [0.29, 0.717) is 33.0 Å². The van der Waals surface area contributed by atoms with E-state index < -0.39 is 12.6 Å². The number of hydrogen-bond acceptors (Lipinski definition) is 6. The predicted octanol–water partition coefficient (Wildman–Crippen LogP) is -4.56. The average molecular weight is 260 g/mol. The van der Waals surface area contributed by atoms with Crippen molar-refractivity contribution >= 4 is 5.97 Å². The van der Waals surface area contributed by atoms with Crippen molar-refractivity contribution in [3.8, 4) is 0 Å². The minimum atomic E-state index is -1.22. The molecule has 0 aliphatic heterocycles. The normalized spacial score (nSPS) is 9.81. The number of carbonyl (C=O) groups is 1. The van der Waals surface area contributed by atoms with Crippen LogP contribution in [0.2, 0.25) is 0 Å². The Kier molecular flexibility index (Phi) is 19.2. The van der Waals surface area contributed by atoms with E-state index in [9.17, 15) is 9.90 Å². The average Bonchev–Trinajstić information content (AvgIpc) is 2.20. The van der Waals surface area contributed by atoms with Crippen LogP contribution in [0.25, 0.3) is 0 Å². The number of carboxylic acid groups (broad SMARTS) is 1. The Labute approximate surface area is 138 Å². The number of rotatable bonds is 11. The second-order valence-electron chi connectivity index (χ2n) is 2.64. The minimum Gasteiger partial charge on any atom is -0.548 e. The van der Waals surface area contributed by atoms with E-state index in [-0.39, 0.29) is 58.0 Å². The first-order valence-electron chi connectivity index (χ1n) is 4.69. The van der Waals surface area contributed by atoms with Crippen LogP contribution in [0.1, 0.15) is 0 Å². The zero-order valence-electron chi connectivity index (χ0n) is 9.90. The monoisotopic (exact) mass is 260 g/mol. The Morgan fingerprint density at radius 1 is 0.938 bits per heavy atom. The molecule has 0 saturated carbocycles. The molecule has 16 heavy (non-hydrogen) atoms. The maximum absolute atomic E-state index is 9.93. The molecule has 0 atom stereocenters. The van der Waals surface area contributed by atoms with Gasteiger partial charge < -0.3 is 28.8 Å². The first kappa shape index (κ1) is 19.3. The molecule has 0 radical (unpaired) electrons. The summed E-state index contributed by atoms with van der Waals surface area (Å²) in [5.41, 5.74) is 0. The topological polar surface area (TPSA) is 77.0 Å². The summed E-state index contributed by atoms with van der Waals surface area (Å²) in [6.45, 7) is 2.25. The van der Waals surface area contributed by atoms with E-state index in [1.165, 1.54) is 0 Å². The number of ether oxygens (including phenoxy) is 4. The van der Waals surface area contributed by atoms with Crippen molar-refractivity contribution in [3.05, 3.63) is 0 Å². The Morgan fingerprint density at radius 2 is 1.38 bits per heavy atom. The van der Waals surface area contributed by atoms with Gasteiger partial charge in [0.2, 0.25) is 0 Å². The maximum atomic E-state index is 9.93. The number of aliphatic carboxylic acids is 1. The van der Waals surface area contributed by atoms with Crippen molar-refractivity contribution in [2.24, 2.45) is 0 Å². The van der Waals surface area contributed by atoms with E-state index in [1.54, 1.807) is 7.11 Å². The summed E-state index contributed by atoms with van der Waals surface area (Å²) < 4.78 is 19.7. The Morgan fingerprint density at radius 3 is 1.81 bits per heavy atom. The van der Waals surface area contributed by atoms with E-state index in [2.05, 4.69) is 0 Å². The smallest absolute Gasteiger partial charge is 0.548 e. The number of carboxylic acids is 1. The summed E-state index contributed by atoms with van der Waals surface area (Å²) in [7, 11) is 1.61. The number of methoxy groups -OCH3 is 1. The van der Waals surface area contributed by atoms with Gasteiger partial charge in [0.25, 0.3) is 0 Å². The third kappa shape index (κ3) is 17.3. The van der Waals surface area contributed by atoms with Crippen LogP contribution in [-0.4, -0.2) is 59.3 Å². The largest absolute Gasteiger partial charge is 1.00 e. The third-order valence-corrected chi connectivity index (χ3v) is 1.40. The quantitative estimate of drug-likeness (QED) is 0.275. The van der Waals surface area contributed by atoms with Crippen LogP contribution in [0, 0.1) is 0 Å². The molecule has 0 aromatic carbocycles. The molecule has 0 spiro atoms. The Balaban J connectivity index is 0. The fourth-order valence-electron chi connectivity index (χ4n) is 0.738. The van der Waals surface area contributed by atoms with Gasteiger partial charge >= 0.3 is 51.4 Å². The van der Waals surface area contributed by atoms with E-state index >= 15 is 0 Å². The SMILES string of the molecule is COCCOCCOCCOCC(=O)[O-].[K+]. The summed E-state index contributed by atoms with van der Waals surface area (Å²) in [5.74, 6) is -1.22. The van der Waals surface area contributed by atoms with Crippen LogP contribution < -0.4 is 56.5 Å². The molecule has 0 rings (SSSR count). The maximum Gasteiger partial charge on any atom is 1.00 e. The fraction of sp³-hybridized carbons (Fsp3) is 0.889. The molecule has 0 saturated heterocycles. The summed E-state index contributed by atoms with van der Waals surface area (Å²) in [4.78, 5) is 9.93. The molecule has 0 heterocycles. The van der Waals surface area contributed by atoms with Gasteiger partial charge in [0.05, 0.1) is 52.2 Å². The van der Waals surface area contributed by atoms with Crippen LogP contribution in [0.3, 0.4) is 0 Å². The molecular weight excluding hydrogens is 243 g/mol. The number of carbonyl (C=O) groups excluding carboxylic acids is 1. The zero-order valence-corrected chi connectivity index (χ0v) is 13.0. The molecule has 0 aromatic heterocycles. The molecule has 7 heteroatoms. The van der Waals surface area contributed by atoms with Crippen molar-refractivity contribution < 1.29 is 80.2 Å². The van der Waals surface area contributed by atoms with E-state index in [0.717, 1.165) is 0 Å². The van der Waals surface area contributed by atoms with Gasteiger partial charge in [0.15, 0.2) is 0 Å². The molecule has 0 bridgehead atoms. The van der Waals surface area contributed by atoms with E-state index in [4.69, 9.17) is 18.9 Å². The van der Waals surface area contributed by atoms with Gasteiger partial charge in [-0.25, -0.2) is 0 Å². The predicted molar refractivity (Wildman–Crippen MR) is 49.3 cm³/mol. The zero-order chi connectivity index (χ0) is 11.4. The molecule has 0 aliphatic rings. The van der Waals surface area contributed by atoms with Gasteiger partial charge in [0, 0.05) is 7.11 Å². The Bertz CT molecular complexity index is 155. The number of hydrogen-bond donors (Lipinski definition) is 0. The van der Waals surface area contributed by atoms with Crippen LogP contribution in [-0.2, 0) is 23.7 Å². The van der Waals surface area contributed by atoms with Crippen LogP contribution >= 0.6 is 0 Å². The standard InChI is InChI=1S/C9H18O6.K/c1-12-2-3-13-4-5-14-6-7-15-8-9(10)11;/h2-8H2,1H3,(H,10,11);/q;+1/p-1. The second-order valence-corrected chi connectivity index (χ2v) is 2.64. The summed E-state index contributed by atoms with van der Waals surface area (Å²) in [5, 5.41) is 9.93. The van der Waals surface area contributed by atoms with Gasteiger partial charge in [-0.15, -0.1) is 0 Å². The van der Waals surface area contributed by atoms with Gasteiger partial charge in [-0.05, 0) is 0 Å². The van der Waals surface area contributed by atoms with Gasteiger partial charge in [-0.2, -0.15) is 0 Å². The van der Waals surface area contributed by atoms with Gasteiger partial charge in [-0.1, -0.05) is 0 Å². The molecular formula is C9H17KO6. The van der Waals surface area contributed by atoms with Crippen LogP contribution in [0.15, 0.2) is 0 Å². The molecule has 6 nitrogen and oxygen atoms in total. The summed E-state index contributed by atoms with van der Waals surface area (Å²) in [6, 6.07) is 0. The first-order valence-corrected chi connectivity index (χ1v) is 4.69. The Hall–Kier alpha value is 0.946. The minimum absolute atomic E-state index is 0. The second kappa shape index (κ2) is 15.9. The summed E-state index contributed by atoms with van der Waals surface area (Å²) >= 11 is 0. The molecule has 0 aliphatic carbocycles. The van der Waals surface area contributed by atoms with Crippen molar-refractivity contribution in [2.75, 3.05) is 53.4 Å². The first-order chi connectivity index (χ1) is 7.27. The van der Waals surface area contributed by atoms with Crippen LogP contribution in [0.5, 0.6) is 0 Å². The van der Waals surface area contributed by atoms with Crippen molar-refractivity contribution in [1.82, 2.24) is 0 Å². The van der Waals surface area contributed by atoms with Gasteiger partial charge in [0.1, 0.15) is 0 Å². The third-order valence-electron chi connectivity index (χ3n) is 1.40. The summed E-state index contributed by atoms with van der Waals surface area (Å²) in [6.07, 6.45) is 0. The molecule has 0 amide bonds. The van der Waals surface area contributed by atoms with Gasteiger partial charge in [-0.3, -0.25) is 0 Å². The van der Waals surface area contributed by atoms with Crippen molar-refractivity contribution in [1.29, 1.82) is 0 Å². The molecule has 0 aromatic rings. The molecule has 0 fully saturated rings. The fourth-order valence-corrected chi connectivity index (χ4v) is 0.738. The molecule has 0 N–H and O–H groups in total. The molecule has 0 unspecified atom stereocenters. The van der Waals surface area contributed by atoms with E-state index in [1.807, 2.05) is 0 Å². The van der Waals surface area contributed by atoms with Crippen molar-refractivity contribution in [3.63, 3.8) is 0 Å². The molecule has 90 valence electrons. The van der Waals surface area contributed by atoms with Crippen molar-refractivity contribution in [2.45, 2.75) is 0 Å².